The monoisotopic (exact) mass is 279 g/mol. The average Bonchev–Trinajstić information content (AvgIpc) is 2.81. The summed E-state index contributed by atoms with van der Waals surface area (Å²) in [7, 11) is 0. The van der Waals surface area contributed by atoms with E-state index < -0.39 is 4.92 Å². The number of benzene rings is 1. The minimum atomic E-state index is -0.456. The number of hydrogen-bond acceptors (Lipinski definition) is 5. The molecule has 7 nitrogen and oxygen atoms in total. The molecule has 0 aromatic heterocycles. The summed E-state index contributed by atoms with van der Waals surface area (Å²) >= 11 is 0. The number of amides is 1. The van der Waals surface area contributed by atoms with Crippen molar-refractivity contribution >= 4 is 17.3 Å². The fourth-order valence-corrected chi connectivity index (χ4v) is 2.02. The third kappa shape index (κ3) is 3.59. The molecular formula is C13H17N3O4. The summed E-state index contributed by atoms with van der Waals surface area (Å²) in [6.07, 6.45) is 1.19. The minimum absolute atomic E-state index is 0.0182. The van der Waals surface area contributed by atoms with Gasteiger partial charge in [0.15, 0.2) is 0 Å². The van der Waals surface area contributed by atoms with E-state index in [4.69, 9.17) is 4.74 Å². The van der Waals surface area contributed by atoms with Crippen molar-refractivity contribution in [3.05, 3.63) is 28.3 Å². The molecule has 1 aromatic carbocycles. The molecule has 1 amide bonds. The van der Waals surface area contributed by atoms with Crippen molar-refractivity contribution in [3.63, 3.8) is 0 Å². The number of ether oxygens (including phenoxy) is 1. The highest BCUT2D eigenvalue weighted by Gasteiger charge is 2.22. The largest absolute Gasteiger partial charge is 0.493 e. The Morgan fingerprint density at radius 3 is 2.90 bits per heavy atom. The molecule has 0 radical (unpaired) electrons. The van der Waals surface area contributed by atoms with Gasteiger partial charge in [-0.2, -0.15) is 0 Å². The number of carbonyl (C=O) groups excluding carboxylic acids is 1. The predicted octanol–water partition coefficient (Wildman–Crippen LogP) is 1.68. The third-order valence-corrected chi connectivity index (χ3v) is 2.92. The first kappa shape index (κ1) is 14.1. The number of carbonyl (C=O) groups is 1. The standard InChI is InChI=1S/C13H17N3O4/c1-2-3-20-12-5-9(4-11(7-12)16(18)19)15-10-6-13(17)14-8-10/h4-5,7,10,15H,2-3,6,8H2,1H3,(H,14,17). The number of non-ortho nitro benzene ring substituents is 1. The molecule has 108 valence electrons. The topological polar surface area (TPSA) is 93.5 Å². The van der Waals surface area contributed by atoms with Crippen molar-refractivity contribution in [3.8, 4) is 5.75 Å². The fraction of sp³-hybridized carbons (Fsp3) is 0.462. The number of nitrogens with one attached hydrogen (secondary N) is 2. The highest BCUT2D eigenvalue weighted by molar-refractivity contribution is 5.79. The van der Waals surface area contributed by atoms with Gasteiger partial charge in [-0.25, -0.2) is 0 Å². The second-order valence-electron chi connectivity index (χ2n) is 4.67. The Hall–Kier alpha value is -2.31. The van der Waals surface area contributed by atoms with Gasteiger partial charge in [0.25, 0.3) is 5.69 Å². The molecule has 1 fully saturated rings. The van der Waals surface area contributed by atoms with Gasteiger partial charge < -0.3 is 15.4 Å². The number of hydrogen-bond donors (Lipinski definition) is 2. The van der Waals surface area contributed by atoms with Crippen molar-refractivity contribution in [2.45, 2.75) is 25.8 Å². The lowest BCUT2D eigenvalue weighted by molar-refractivity contribution is -0.384. The van der Waals surface area contributed by atoms with Gasteiger partial charge in [-0.1, -0.05) is 6.92 Å². The zero-order valence-electron chi connectivity index (χ0n) is 11.2. The van der Waals surface area contributed by atoms with E-state index in [2.05, 4.69) is 10.6 Å². The quantitative estimate of drug-likeness (QED) is 0.610. The van der Waals surface area contributed by atoms with Gasteiger partial charge >= 0.3 is 0 Å². The molecule has 2 N–H and O–H groups in total. The van der Waals surface area contributed by atoms with Crippen LogP contribution in [0, 0.1) is 10.1 Å². The van der Waals surface area contributed by atoms with Gasteiger partial charge in [-0.15, -0.1) is 0 Å². The van der Waals surface area contributed by atoms with E-state index in [1.54, 1.807) is 6.07 Å². The molecule has 1 aromatic rings. The summed E-state index contributed by atoms with van der Waals surface area (Å²) in [4.78, 5) is 21.6. The molecule has 0 saturated carbocycles. The van der Waals surface area contributed by atoms with E-state index in [0.717, 1.165) is 6.42 Å². The first-order valence-corrected chi connectivity index (χ1v) is 6.54. The predicted molar refractivity (Wildman–Crippen MR) is 73.9 cm³/mol. The lowest BCUT2D eigenvalue weighted by Gasteiger charge is -2.13. The van der Waals surface area contributed by atoms with Crippen molar-refractivity contribution in [2.75, 3.05) is 18.5 Å². The molecule has 0 spiro atoms. The van der Waals surface area contributed by atoms with Crippen molar-refractivity contribution in [1.29, 1.82) is 0 Å². The van der Waals surface area contributed by atoms with Gasteiger partial charge in [0, 0.05) is 30.8 Å². The molecule has 1 unspecified atom stereocenters. The van der Waals surface area contributed by atoms with E-state index in [1.807, 2.05) is 6.92 Å². The second-order valence-corrected chi connectivity index (χ2v) is 4.67. The molecule has 1 atom stereocenters. The Morgan fingerprint density at radius 2 is 2.30 bits per heavy atom. The number of nitro benzene ring substituents is 1. The summed E-state index contributed by atoms with van der Waals surface area (Å²) in [5.41, 5.74) is 0.560. The molecule has 0 aliphatic carbocycles. The summed E-state index contributed by atoms with van der Waals surface area (Å²) in [5.74, 6) is 0.441. The van der Waals surface area contributed by atoms with Gasteiger partial charge in [-0.05, 0) is 6.42 Å². The first-order chi connectivity index (χ1) is 9.58. The van der Waals surface area contributed by atoms with Gasteiger partial charge in [0.2, 0.25) is 5.91 Å². The van der Waals surface area contributed by atoms with Crippen molar-refractivity contribution < 1.29 is 14.5 Å². The number of nitrogens with zero attached hydrogens (tertiary/aromatic N) is 1. The minimum Gasteiger partial charge on any atom is -0.493 e. The molecular weight excluding hydrogens is 262 g/mol. The number of nitro groups is 1. The Morgan fingerprint density at radius 1 is 1.50 bits per heavy atom. The van der Waals surface area contributed by atoms with Crippen LogP contribution < -0.4 is 15.4 Å². The number of anilines is 1. The van der Waals surface area contributed by atoms with Crippen LogP contribution >= 0.6 is 0 Å². The van der Waals surface area contributed by atoms with Crippen LogP contribution in [0.15, 0.2) is 18.2 Å². The fourth-order valence-electron chi connectivity index (χ4n) is 2.02. The first-order valence-electron chi connectivity index (χ1n) is 6.54. The molecule has 1 aliphatic heterocycles. The third-order valence-electron chi connectivity index (χ3n) is 2.92. The Kier molecular flexibility index (Phi) is 4.39. The van der Waals surface area contributed by atoms with Crippen LogP contribution in [0.2, 0.25) is 0 Å². The van der Waals surface area contributed by atoms with Gasteiger partial charge in [-0.3, -0.25) is 14.9 Å². The summed E-state index contributed by atoms with van der Waals surface area (Å²) in [6, 6.07) is 4.51. The van der Waals surface area contributed by atoms with E-state index >= 15 is 0 Å². The van der Waals surface area contributed by atoms with Crippen LogP contribution in [0.5, 0.6) is 5.75 Å². The molecule has 0 bridgehead atoms. The molecule has 7 heteroatoms. The van der Waals surface area contributed by atoms with Gasteiger partial charge in [0.1, 0.15) is 5.75 Å². The summed E-state index contributed by atoms with van der Waals surface area (Å²) in [6.45, 7) is 2.99. The normalized spacial score (nSPS) is 17.6. The Labute approximate surface area is 116 Å². The van der Waals surface area contributed by atoms with Gasteiger partial charge in [0.05, 0.1) is 23.6 Å². The maximum atomic E-state index is 11.1. The number of rotatable bonds is 6. The van der Waals surface area contributed by atoms with Crippen LogP contribution in [0.3, 0.4) is 0 Å². The van der Waals surface area contributed by atoms with Crippen LogP contribution in [0.4, 0.5) is 11.4 Å². The lowest BCUT2D eigenvalue weighted by Crippen LogP contribution is -2.22. The summed E-state index contributed by atoms with van der Waals surface area (Å²) < 4.78 is 5.45. The highest BCUT2D eigenvalue weighted by Crippen LogP contribution is 2.27. The van der Waals surface area contributed by atoms with Crippen LogP contribution in [-0.4, -0.2) is 30.0 Å². The molecule has 20 heavy (non-hydrogen) atoms. The van der Waals surface area contributed by atoms with Crippen molar-refractivity contribution in [2.24, 2.45) is 0 Å². The van der Waals surface area contributed by atoms with Crippen LogP contribution in [-0.2, 0) is 4.79 Å². The zero-order chi connectivity index (χ0) is 14.5. The maximum Gasteiger partial charge on any atom is 0.275 e. The summed E-state index contributed by atoms with van der Waals surface area (Å²) in [5, 5.41) is 16.7. The molecule has 1 saturated heterocycles. The second kappa shape index (κ2) is 6.23. The highest BCUT2D eigenvalue weighted by atomic mass is 16.6. The Bertz CT molecular complexity index is 518. The van der Waals surface area contributed by atoms with E-state index in [0.29, 0.717) is 31.0 Å². The Balaban J connectivity index is 2.15. The van der Waals surface area contributed by atoms with Crippen LogP contribution in [0.1, 0.15) is 19.8 Å². The van der Waals surface area contributed by atoms with E-state index in [1.165, 1.54) is 12.1 Å². The molecule has 2 rings (SSSR count). The lowest BCUT2D eigenvalue weighted by atomic mass is 10.2. The van der Waals surface area contributed by atoms with E-state index in [9.17, 15) is 14.9 Å². The molecule has 1 heterocycles. The average molecular weight is 279 g/mol. The smallest absolute Gasteiger partial charge is 0.275 e. The molecule has 1 aliphatic rings. The SMILES string of the molecule is CCCOc1cc(NC2CNC(=O)C2)cc([N+](=O)[O-])c1. The maximum absolute atomic E-state index is 11.1. The van der Waals surface area contributed by atoms with E-state index in [-0.39, 0.29) is 17.6 Å². The zero-order valence-corrected chi connectivity index (χ0v) is 11.2. The van der Waals surface area contributed by atoms with Crippen LogP contribution in [0.25, 0.3) is 0 Å². The van der Waals surface area contributed by atoms with Crippen molar-refractivity contribution in [1.82, 2.24) is 5.32 Å².